The van der Waals surface area contributed by atoms with Crippen LogP contribution in [-0.2, 0) is 9.53 Å². The molecule has 0 spiro atoms. The van der Waals surface area contributed by atoms with Gasteiger partial charge in [0.15, 0.2) is 0 Å². The van der Waals surface area contributed by atoms with Gasteiger partial charge in [-0.15, -0.1) is 0 Å². The highest BCUT2D eigenvalue weighted by atomic mass is 16.5. The molecule has 1 aliphatic rings. The van der Waals surface area contributed by atoms with E-state index < -0.39 is 0 Å². The van der Waals surface area contributed by atoms with Crippen LogP contribution in [0, 0.1) is 11.3 Å². The third-order valence-electron chi connectivity index (χ3n) is 2.37. The summed E-state index contributed by atoms with van der Waals surface area (Å²) in [6, 6.07) is 0. The Morgan fingerprint density at radius 1 is 1.42 bits per heavy atom. The first-order valence-electron chi connectivity index (χ1n) is 4.59. The van der Waals surface area contributed by atoms with E-state index in [1.165, 1.54) is 0 Å². The maximum Gasteiger partial charge on any atom is 0.306 e. The van der Waals surface area contributed by atoms with Crippen molar-refractivity contribution in [1.82, 2.24) is 0 Å². The quantitative estimate of drug-likeness (QED) is 0.522. The van der Waals surface area contributed by atoms with Crippen molar-refractivity contribution in [3.05, 3.63) is 0 Å². The summed E-state index contributed by atoms with van der Waals surface area (Å²) < 4.78 is 5.28. The Balaban J connectivity index is 2.62. The highest BCUT2D eigenvalue weighted by Gasteiger charge is 2.34. The van der Waals surface area contributed by atoms with Crippen molar-refractivity contribution >= 4 is 5.97 Å². The van der Waals surface area contributed by atoms with Crippen molar-refractivity contribution < 1.29 is 9.53 Å². The van der Waals surface area contributed by atoms with Crippen LogP contribution in [0.15, 0.2) is 0 Å². The smallest absolute Gasteiger partial charge is 0.306 e. The Morgan fingerprint density at radius 3 is 2.42 bits per heavy atom. The van der Waals surface area contributed by atoms with Gasteiger partial charge >= 0.3 is 5.97 Å². The Labute approximate surface area is 74.3 Å². The van der Waals surface area contributed by atoms with E-state index in [2.05, 4.69) is 27.7 Å². The zero-order chi connectivity index (χ0) is 9.35. The van der Waals surface area contributed by atoms with Gasteiger partial charge in [0, 0.05) is 6.42 Å². The summed E-state index contributed by atoms with van der Waals surface area (Å²) >= 11 is 0. The predicted molar refractivity (Wildman–Crippen MR) is 47.7 cm³/mol. The van der Waals surface area contributed by atoms with Gasteiger partial charge in [-0.25, -0.2) is 0 Å². The molecule has 2 heteroatoms. The van der Waals surface area contributed by atoms with Crippen LogP contribution < -0.4 is 0 Å². The molecule has 0 bridgehead atoms. The minimum absolute atomic E-state index is 0.0336. The van der Waals surface area contributed by atoms with Crippen molar-refractivity contribution in [3.8, 4) is 0 Å². The lowest BCUT2D eigenvalue weighted by Gasteiger charge is -2.35. The van der Waals surface area contributed by atoms with E-state index >= 15 is 0 Å². The van der Waals surface area contributed by atoms with Gasteiger partial charge in [-0.1, -0.05) is 27.7 Å². The van der Waals surface area contributed by atoms with Crippen LogP contribution in [0.4, 0.5) is 0 Å². The first-order valence-corrected chi connectivity index (χ1v) is 4.59. The summed E-state index contributed by atoms with van der Waals surface area (Å²) in [4.78, 5) is 11.1. The fourth-order valence-corrected chi connectivity index (χ4v) is 1.52. The molecule has 0 aromatic carbocycles. The molecule has 1 fully saturated rings. The maximum absolute atomic E-state index is 11.1. The molecular weight excluding hydrogens is 152 g/mol. The van der Waals surface area contributed by atoms with Gasteiger partial charge < -0.3 is 4.74 Å². The number of esters is 1. The largest absolute Gasteiger partial charge is 0.462 e. The van der Waals surface area contributed by atoms with Gasteiger partial charge in [-0.3, -0.25) is 4.79 Å². The van der Waals surface area contributed by atoms with Crippen LogP contribution in [0.1, 0.15) is 40.5 Å². The van der Waals surface area contributed by atoms with E-state index in [-0.39, 0.29) is 17.5 Å². The molecule has 0 N–H and O–H groups in total. The fraction of sp³-hybridized carbons (Fsp3) is 0.900. The average molecular weight is 170 g/mol. The second kappa shape index (κ2) is 3.08. The van der Waals surface area contributed by atoms with Crippen LogP contribution in [0.25, 0.3) is 0 Å². The molecule has 2 atom stereocenters. The number of hydrogen-bond donors (Lipinski definition) is 0. The topological polar surface area (TPSA) is 26.3 Å². The molecule has 0 amide bonds. The number of rotatable bonds is 0. The number of ether oxygens (including phenoxy) is 1. The molecule has 1 rings (SSSR count). The molecule has 0 aromatic rings. The van der Waals surface area contributed by atoms with Crippen molar-refractivity contribution in [2.24, 2.45) is 11.3 Å². The molecule has 1 heterocycles. The Morgan fingerprint density at radius 2 is 2.00 bits per heavy atom. The molecule has 0 aromatic heterocycles. The van der Waals surface area contributed by atoms with E-state index in [9.17, 15) is 4.79 Å². The fourth-order valence-electron chi connectivity index (χ4n) is 1.52. The average Bonchev–Trinajstić information content (AvgIpc) is 1.82. The number of carbonyl (C=O) groups is 1. The maximum atomic E-state index is 11.1. The summed E-state index contributed by atoms with van der Waals surface area (Å²) in [7, 11) is 0. The Kier molecular flexibility index (Phi) is 2.45. The summed E-state index contributed by atoms with van der Waals surface area (Å²) in [5, 5.41) is 0. The molecule has 0 aliphatic carbocycles. The molecule has 12 heavy (non-hydrogen) atoms. The Hall–Kier alpha value is -0.530. The van der Waals surface area contributed by atoms with Crippen LogP contribution >= 0.6 is 0 Å². The standard InChI is InChI=1S/C10H18O2/c1-7-5-8(10(2,3)4)12-9(11)6-7/h7-8H,5-6H2,1-4H3. The molecule has 0 radical (unpaired) electrons. The minimum Gasteiger partial charge on any atom is -0.462 e. The monoisotopic (exact) mass is 170 g/mol. The predicted octanol–water partition coefficient (Wildman–Crippen LogP) is 2.37. The lowest BCUT2D eigenvalue weighted by molar-refractivity contribution is -0.163. The van der Waals surface area contributed by atoms with E-state index in [1.54, 1.807) is 0 Å². The first kappa shape index (κ1) is 9.56. The van der Waals surface area contributed by atoms with Crippen LogP contribution in [0.5, 0.6) is 0 Å². The lowest BCUT2D eigenvalue weighted by atomic mass is 9.81. The first-order chi connectivity index (χ1) is 5.39. The van der Waals surface area contributed by atoms with Gasteiger partial charge in [-0.2, -0.15) is 0 Å². The third kappa shape index (κ3) is 2.23. The van der Waals surface area contributed by atoms with E-state index in [1.807, 2.05) is 0 Å². The summed E-state index contributed by atoms with van der Waals surface area (Å²) in [5.74, 6) is 0.448. The lowest BCUT2D eigenvalue weighted by Crippen LogP contribution is -2.37. The summed E-state index contributed by atoms with van der Waals surface area (Å²) in [5.41, 5.74) is 0.0876. The molecule has 2 unspecified atom stereocenters. The number of carbonyl (C=O) groups excluding carboxylic acids is 1. The van der Waals surface area contributed by atoms with Gasteiger partial charge in [0.1, 0.15) is 6.10 Å². The molecule has 70 valence electrons. The van der Waals surface area contributed by atoms with Crippen LogP contribution in [0.2, 0.25) is 0 Å². The zero-order valence-electron chi connectivity index (χ0n) is 8.39. The van der Waals surface area contributed by atoms with Crippen molar-refractivity contribution in [1.29, 1.82) is 0 Å². The molecular formula is C10H18O2. The van der Waals surface area contributed by atoms with E-state index in [4.69, 9.17) is 4.74 Å². The van der Waals surface area contributed by atoms with Gasteiger partial charge in [0.2, 0.25) is 0 Å². The SMILES string of the molecule is CC1CC(=O)OC(C(C)(C)C)C1. The highest BCUT2D eigenvalue weighted by molar-refractivity contribution is 5.70. The summed E-state index contributed by atoms with van der Waals surface area (Å²) in [6.07, 6.45) is 1.70. The second-order valence-corrected chi connectivity index (χ2v) is 4.89. The molecule has 2 nitrogen and oxygen atoms in total. The molecule has 1 aliphatic heterocycles. The normalized spacial score (nSPS) is 31.5. The van der Waals surface area contributed by atoms with E-state index in [0.29, 0.717) is 12.3 Å². The van der Waals surface area contributed by atoms with E-state index in [0.717, 1.165) is 6.42 Å². The molecule has 0 saturated carbocycles. The van der Waals surface area contributed by atoms with Crippen molar-refractivity contribution in [2.75, 3.05) is 0 Å². The number of hydrogen-bond acceptors (Lipinski definition) is 2. The zero-order valence-corrected chi connectivity index (χ0v) is 8.39. The minimum atomic E-state index is -0.0336. The molecule has 1 saturated heterocycles. The Bertz CT molecular complexity index is 179. The van der Waals surface area contributed by atoms with Gasteiger partial charge in [-0.05, 0) is 17.8 Å². The second-order valence-electron chi connectivity index (χ2n) is 4.89. The highest BCUT2D eigenvalue weighted by Crippen LogP contribution is 2.32. The summed E-state index contributed by atoms with van der Waals surface area (Å²) in [6.45, 7) is 8.45. The van der Waals surface area contributed by atoms with Gasteiger partial charge in [0.25, 0.3) is 0 Å². The van der Waals surface area contributed by atoms with Crippen LogP contribution in [0.3, 0.4) is 0 Å². The van der Waals surface area contributed by atoms with Crippen LogP contribution in [-0.4, -0.2) is 12.1 Å². The van der Waals surface area contributed by atoms with Gasteiger partial charge in [0.05, 0.1) is 0 Å². The van der Waals surface area contributed by atoms with Crippen molar-refractivity contribution in [3.63, 3.8) is 0 Å². The number of cyclic esters (lactones) is 1. The third-order valence-corrected chi connectivity index (χ3v) is 2.37. The van der Waals surface area contributed by atoms with Crippen molar-refractivity contribution in [2.45, 2.75) is 46.6 Å².